The average Bonchev–Trinajstić information content (AvgIpc) is 3.10. The molecule has 0 atom stereocenters. The number of nitrogens with one attached hydrogen (secondary N) is 1. The highest BCUT2D eigenvalue weighted by molar-refractivity contribution is 7.11. The fraction of sp³-hybridized carbons (Fsp3) is 0.222. The second-order valence-corrected chi connectivity index (χ2v) is 7.34. The maximum absolute atomic E-state index is 12.7. The molecule has 0 fully saturated rings. The van der Waals surface area contributed by atoms with Crippen LogP contribution in [0.3, 0.4) is 0 Å². The molecule has 2 aromatic heterocycles. The monoisotopic (exact) mass is 404 g/mol. The summed E-state index contributed by atoms with van der Waals surface area (Å²) in [5.41, 5.74) is 0.441. The van der Waals surface area contributed by atoms with Crippen LogP contribution >= 0.6 is 22.9 Å². The molecule has 27 heavy (non-hydrogen) atoms. The minimum absolute atomic E-state index is 0.0000109. The second kappa shape index (κ2) is 8.32. The number of rotatable bonds is 6. The highest BCUT2D eigenvalue weighted by Gasteiger charge is 2.17. The molecule has 1 aromatic carbocycles. The van der Waals surface area contributed by atoms with Gasteiger partial charge in [-0.3, -0.25) is 4.79 Å². The molecule has 0 aliphatic heterocycles. The van der Waals surface area contributed by atoms with E-state index in [0.717, 1.165) is 14.6 Å². The van der Waals surface area contributed by atoms with Gasteiger partial charge >= 0.3 is 5.97 Å². The van der Waals surface area contributed by atoms with Gasteiger partial charge in [0.25, 0.3) is 5.56 Å². The summed E-state index contributed by atoms with van der Waals surface area (Å²) in [5.74, 6) is -0.559. The molecule has 0 amide bonds. The lowest BCUT2D eigenvalue weighted by Crippen LogP contribution is -2.25. The number of carbonyl (C=O) groups excluding carboxylic acids is 1. The van der Waals surface area contributed by atoms with Crippen molar-refractivity contribution in [2.24, 2.45) is 0 Å². The van der Waals surface area contributed by atoms with E-state index < -0.39 is 11.5 Å². The number of methoxy groups -OCH3 is 1. The first-order valence-electron chi connectivity index (χ1n) is 8.12. The molecular weight excluding hydrogens is 388 g/mol. The first-order valence-corrected chi connectivity index (χ1v) is 9.31. The molecule has 0 saturated carbocycles. The molecule has 2 heterocycles. The van der Waals surface area contributed by atoms with Crippen molar-refractivity contribution in [2.45, 2.75) is 13.3 Å². The second-order valence-electron chi connectivity index (χ2n) is 5.64. The molecule has 0 aliphatic carbocycles. The van der Waals surface area contributed by atoms with E-state index in [4.69, 9.17) is 16.3 Å². The number of halogens is 1. The van der Waals surface area contributed by atoms with Crippen LogP contribution in [0.2, 0.25) is 5.02 Å². The number of ether oxygens (including phenoxy) is 1. The normalized spacial score (nSPS) is 10.6. The molecular formula is C18H17ClN4O3S. The number of para-hydroxylation sites is 1. The third-order valence-corrected chi connectivity index (χ3v) is 5.12. The summed E-state index contributed by atoms with van der Waals surface area (Å²) in [5, 5.41) is 8.26. The highest BCUT2D eigenvalue weighted by Crippen LogP contribution is 2.19. The van der Waals surface area contributed by atoms with Crippen molar-refractivity contribution in [1.82, 2.24) is 14.8 Å². The lowest BCUT2D eigenvalue weighted by molar-refractivity contribution is 0.0600. The quantitative estimate of drug-likeness (QED) is 0.635. The van der Waals surface area contributed by atoms with Crippen LogP contribution in [0.15, 0.2) is 41.5 Å². The van der Waals surface area contributed by atoms with E-state index in [1.54, 1.807) is 35.6 Å². The van der Waals surface area contributed by atoms with E-state index in [1.807, 2.05) is 13.1 Å². The first-order chi connectivity index (χ1) is 13.0. The van der Waals surface area contributed by atoms with Gasteiger partial charge < -0.3 is 10.1 Å². The van der Waals surface area contributed by atoms with E-state index in [9.17, 15) is 9.59 Å². The van der Waals surface area contributed by atoms with Crippen LogP contribution in [0, 0.1) is 6.92 Å². The lowest BCUT2D eigenvalue weighted by Gasteiger charge is -2.12. The number of hydrogen-bond donors (Lipinski definition) is 1. The Balaban J connectivity index is 1.83. The Morgan fingerprint density at radius 3 is 2.81 bits per heavy atom. The third-order valence-electron chi connectivity index (χ3n) is 3.78. The van der Waals surface area contributed by atoms with Crippen LogP contribution in [-0.2, 0) is 11.2 Å². The van der Waals surface area contributed by atoms with Crippen molar-refractivity contribution < 1.29 is 9.53 Å². The number of aryl methyl sites for hydroxylation is 1. The summed E-state index contributed by atoms with van der Waals surface area (Å²) < 4.78 is 5.84. The largest absolute Gasteiger partial charge is 0.465 e. The minimum atomic E-state index is -0.559. The van der Waals surface area contributed by atoms with Crippen LogP contribution in [0.4, 0.5) is 5.69 Å². The van der Waals surface area contributed by atoms with E-state index in [0.29, 0.717) is 24.3 Å². The number of carbonyl (C=O) groups is 1. The topological polar surface area (TPSA) is 86.1 Å². The number of anilines is 1. The zero-order valence-corrected chi connectivity index (χ0v) is 16.3. The van der Waals surface area contributed by atoms with Crippen molar-refractivity contribution in [2.75, 3.05) is 19.0 Å². The standard InChI is InChI=1S/C18H17ClN4O3S/c1-11-9-21-15(27-11)7-8-20-13-10-22-23(17(24)16(13)19)14-6-4-3-5-12(14)18(25)26-2/h3-6,9-10,20H,7-8H2,1-2H3. The van der Waals surface area contributed by atoms with Gasteiger partial charge in [-0.2, -0.15) is 9.78 Å². The number of esters is 1. The maximum atomic E-state index is 12.7. The Labute approximate surface area is 164 Å². The van der Waals surface area contributed by atoms with Gasteiger partial charge in [-0.05, 0) is 19.1 Å². The summed E-state index contributed by atoms with van der Waals surface area (Å²) in [4.78, 5) is 30.0. The third kappa shape index (κ3) is 4.17. The van der Waals surface area contributed by atoms with Crippen molar-refractivity contribution in [3.8, 4) is 5.69 Å². The van der Waals surface area contributed by atoms with Gasteiger partial charge in [-0.15, -0.1) is 11.3 Å². The minimum Gasteiger partial charge on any atom is -0.465 e. The first kappa shape index (κ1) is 19.1. The molecule has 0 bridgehead atoms. The smallest absolute Gasteiger partial charge is 0.340 e. The Morgan fingerprint density at radius 1 is 1.33 bits per heavy atom. The summed E-state index contributed by atoms with van der Waals surface area (Å²) in [6.07, 6.45) is 4.00. The Kier molecular flexibility index (Phi) is 5.88. The average molecular weight is 405 g/mol. The molecule has 0 unspecified atom stereocenters. The lowest BCUT2D eigenvalue weighted by atomic mass is 10.2. The number of nitrogens with zero attached hydrogens (tertiary/aromatic N) is 3. The molecule has 0 spiro atoms. The fourth-order valence-electron chi connectivity index (χ4n) is 2.49. The number of thiazole rings is 1. The molecule has 9 heteroatoms. The van der Waals surface area contributed by atoms with Crippen molar-refractivity contribution in [3.05, 3.63) is 67.5 Å². The Hall–Kier alpha value is -2.71. The number of aromatic nitrogens is 3. The molecule has 1 N–H and O–H groups in total. The van der Waals surface area contributed by atoms with E-state index in [-0.39, 0.29) is 10.6 Å². The molecule has 0 saturated heterocycles. The predicted octanol–water partition coefficient (Wildman–Crippen LogP) is 3.09. The Bertz CT molecular complexity index is 1030. The van der Waals surface area contributed by atoms with Gasteiger partial charge in [0.1, 0.15) is 5.02 Å². The SMILES string of the molecule is COC(=O)c1ccccc1-n1ncc(NCCc2ncc(C)s2)c(Cl)c1=O. The summed E-state index contributed by atoms with van der Waals surface area (Å²) in [7, 11) is 1.28. The fourth-order valence-corrected chi connectivity index (χ4v) is 3.47. The zero-order valence-electron chi connectivity index (χ0n) is 14.7. The molecule has 140 valence electrons. The van der Waals surface area contributed by atoms with Crippen molar-refractivity contribution in [3.63, 3.8) is 0 Å². The van der Waals surface area contributed by atoms with Crippen molar-refractivity contribution in [1.29, 1.82) is 0 Å². The van der Waals surface area contributed by atoms with Gasteiger partial charge in [-0.1, -0.05) is 23.7 Å². The molecule has 3 aromatic rings. The van der Waals surface area contributed by atoms with Gasteiger partial charge in [0.05, 0.1) is 35.3 Å². The van der Waals surface area contributed by atoms with Crippen LogP contribution in [0.5, 0.6) is 0 Å². The number of hydrogen-bond acceptors (Lipinski definition) is 7. The molecule has 7 nitrogen and oxygen atoms in total. The van der Waals surface area contributed by atoms with E-state index in [2.05, 4.69) is 15.4 Å². The van der Waals surface area contributed by atoms with Gasteiger partial charge in [0.15, 0.2) is 0 Å². The van der Waals surface area contributed by atoms with Crippen LogP contribution in [-0.4, -0.2) is 34.4 Å². The number of benzene rings is 1. The van der Waals surface area contributed by atoms with Crippen LogP contribution < -0.4 is 10.9 Å². The van der Waals surface area contributed by atoms with Crippen molar-refractivity contribution >= 4 is 34.6 Å². The highest BCUT2D eigenvalue weighted by atomic mass is 35.5. The Morgan fingerprint density at radius 2 is 2.11 bits per heavy atom. The van der Waals surface area contributed by atoms with E-state index in [1.165, 1.54) is 13.3 Å². The van der Waals surface area contributed by atoms with Gasteiger partial charge in [-0.25, -0.2) is 9.78 Å². The maximum Gasteiger partial charge on any atom is 0.340 e. The zero-order chi connectivity index (χ0) is 19.4. The van der Waals surface area contributed by atoms with Gasteiger partial charge in [0.2, 0.25) is 0 Å². The molecule has 0 radical (unpaired) electrons. The van der Waals surface area contributed by atoms with Crippen LogP contribution in [0.25, 0.3) is 5.69 Å². The molecule has 0 aliphatic rings. The molecule has 3 rings (SSSR count). The predicted molar refractivity (Wildman–Crippen MR) is 105 cm³/mol. The summed E-state index contributed by atoms with van der Waals surface area (Å²) in [6.45, 7) is 2.57. The van der Waals surface area contributed by atoms with Gasteiger partial charge in [0, 0.05) is 24.0 Å². The van der Waals surface area contributed by atoms with E-state index >= 15 is 0 Å². The summed E-state index contributed by atoms with van der Waals surface area (Å²) >= 11 is 7.86. The van der Waals surface area contributed by atoms with Crippen LogP contribution in [0.1, 0.15) is 20.2 Å². The summed E-state index contributed by atoms with van der Waals surface area (Å²) in [6, 6.07) is 6.55.